The van der Waals surface area contributed by atoms with Gasteiger partial charge in [0.1, 0.15) is 11.0 Å². The first-order chi connectivity index (χ1) is 9.15. The fraction of sp³-hybridized carbons (Fsp3) is 0.231. The third-order valence-corrected chi connectivity index (χ3v) is 2.94. The average molecular weight is 298 g/mol. The van der Waals surface area contributed by atoms with Gasteiger partial charge in [-0.1, -0.05) is 41.9 Å². The summed E-state index contributed by atoms with van der Waals surface area (Å²) in [4.78, 5) is 7.74. The Hall–Kier alpha value is -1.36. The number of hydrogen-bond acceptors (Lipinski definition) is 4. The lowest BCUT2D eigenvalue weighted by Crippen LogP contribution is -2.09. The van der Waals surface area contributed by atoms with E-state index in [-0.39, 0.29) is 10.4 Å². The van der Waals surface area contributed by atoms with Crippen LogP contribution in [0.5, 0.6) is 0 Å². The highest BCUT2D eigenvalue weighted by Gasteiger charge is 2.07. The molecule has 1 atom stereocenters. The largest absolute Gasteiger partial charge is 0.388 e. The number of halogens is 2. The third kappa shape index (κ3) is 4.35. The summed E-state index contributed by atoms with van der Waals surface area (Å²) >= 11 is 11.5. The van der Waals surface area contributed by atoms with Crippen molar-refractivity contribution >= 4 is 29.0 Å². The van der Waals surface area contributed by atoms with Crippen LogP contribution in [0.2, 0.25) is 10.4 Å². The number of nitrogens with one attached hydrogen (secondary N) is 1. The molecule has 0 amide bonds. The van der Waals surface area contributed by atoms with E-state index in [0.29, 0.717) is 18.8 Å². The van der Waals surface area contributed by atoms with Crippen molar-refractivity contribution in [1.82, 2.24) is 9.97 Å². The van der Waals surface area contributed by atoms with Gasteiger partial charge in [-0.15, -0.1) is 0 Å². The minimum atomic E-state index is -0.513. The van der Waals surface area contributed by atoms with E-state index >= 15 is 0 Å². The number of rotatable bonds is 5. The van der Waals surface area contributed by atoms with E-state index in [0.717, 1.165) is 5.56 Å². The minimum absolute atomic E-state index is 0.0959. The molecule has 0 spiro atoms. The number of aliphatic hydroxyl groups is 1. The highest BCUT2D eigenvalue weighted by Crippen LogP contribution is 2.17. The Morgan fingerprint density at radius 1 is 1.16 bits per heavy atom. The summed E-state index contributed by atoms with van der Waals surface area (Å²) in [5, 5.41) is 13.4. The first-order valence-electron chi connectivity index (χ1n) is 5.82. The summed E-state index contributed by atoms with van der Waals surface area (Å²) in [5.74, 6) is 0.547. The Bertz CT molecular complexity index is 516. The monoisotopic (exact) mass is 297 g/mol. The van der Waals surface area contributed by atoms with Crippen LogP contribution in [0.4, 0.5) is 5.82 Å². The fourth-order valence-electron chi connectivity index (χ4n) is 1.66. The van der Waals surface area contributed by atoms with Gasteiger partial charge in [-0.2, -0.15) is 0 Å². The highest BCUT2D eigenvalue weighted by atomic mass is 35.5. The summed E-state index contributed by atoms with van der Waals surface area (Å²) in [6, 6.07) is 11.1. The number of hydrogen-bond donors (Lipinski definition) is 2. The van der Waals surface area contributed by atoms with E-state index in [4.69, 9.17) is 23.2 Å². The molecule has 19 heavy (non-hydrogen) atoms. The quantitative estimate of drug-likeness (QED) is 0.656. The first kappa shape index (κ1) is 14.1. The van der Waals surface area contributed by atoms with Gasteiger partial charge in [0, 0.05) is 12.6 Å². The lowest BCUT2D eigenvalue weighted by Gasteiger charge is -2.12. The molecule has 1 aromatic carbocycles. The Kier molecular flexibility index (Phi) is 4.96. The van der Waals surface area contributed by atoms with E-state index < -0.39 is 6.10 Å². The maximum absolute atomic E-state index is 9.98. The Balaban J connectivity index is 1.86. The van der Waals surface area contributed by atoms with Crippen LogP contribution < -0.4 is 5.32 Å². The second kappa shape index (κ2) is 6.70. The molecule has 2 rings (SSSR count). The zero-order valence-corrected chi connectivity index (χ0v) is 11.6. The topological polar surface area (TPSA) is 58.0 Å². The molecule has 0 aliphatic heterocycles. The maximum Gasteiger partial charge on any atom is 0.225 e. The predicted molar refractivity (Wildman–Crippen MR) is 76.6 cm³/mol. The molecule has 0 saturated carbocycles. The van der Waals surface area contributed by atoms with Gasteiger partial charge in [0.05, 0.1) is 6.10 Å². The van der Waals surface area contributed by atoms with Crippen LogP contribution in [0.15, 0.2) is 36.4 Å². The van der Waals surface area contributed by atoms with Gasteiger partial charge >= 0.3 is 0 Å². The van der Waals surface area contributed by atoms with E-state index in [1.165, 1.54) is 0 Å². The summed E-state index contributed by atoms with van der Waals surface area (Å²) in [6.45, 7) is 0.555. The second-order valence-electron chi connectivity index (χ2n) is 3.99. The summed E-state index contributed by atoms with van der Waals surface area (Å²) < 4.78 is 0. The molecule has 6 heteroatoms. The van der Waals surface area contributed by atoms with Crippen molar-refractivity contribution in [3.05, 3.63) is 52.4 Å². The number of nitrogens with zero attached hydrogens (tertiary/aromatic N) is 2. The molecule has 100 valence electrons. The third-order valence-electron chi connectivity index (χ3n) is 2.58. The van der Waals surface area contributed by atoms with E-state index in [2.05, 4.69) is 15.3 Å². The van der Waals surface area contributed by atoms with Gasteiger partial charge < -0.3 is 10.4 Å². The lowest BCUT2D eigenvalue weighted by atomic mass is 10.1. The molecule has 0 aliphatic rings. The fourth-order valence-corrected chi connectivity index (χ4v) is 2.07. The Labute approximate surface area is 121 Å². The van der Waals surface area contributed by atoms with Crippen LogP contribution in [0.25, 0.3) is 0 Å². The summed E-state index contributed by atoms with van der Waals surface area (Å²) in [6.07, 6.45) is 0.0463. The zero-order chi connectivity index (χ0) is 13.7. The molecule has 1 heterocycles. The molecule has 0 fully saturated rings. The standard InChI is InChI=1S/C13H13Cl2N3O/c14-11-8-12(18-13(15)17-11)16-7-6-10(19)9-4-2-1-3-5-9/h1-5,8,10,19H,6-7H2,(H,16,17,18). The van der Waals surface area contributed by atoms with E-state index in [1.54, 1.807) is 6.07 Å². The molecule has 1 aromatic heterocycles. The van der Waals surface area contributed by atoms with Crippen molar-refractivity contribution in [3.8, 4) is 0 Å². The minimum Gasteiger partial charge on any atom is -0.388 e. The van der Waals surface area contributed by atoms with Crippen LogP contribution in [0, 0.1) is 0 Å². The molecule has 0 saturated heterocycles. The number of benzene rings is 1. The van der Waals surface area contributed by atoms with Crippen molar-refractivity contribution in [2.45, 2.75) is 12.5 Å². The van der Waals surface area contributed by atoms with Gasteiger partial charge in [-0.25, -0.2) is 9.97 Å². The SMILES string of the molecule is OC(CCNc1cc(Cl)nc(Cl)n1)c1ccccc1. The average Bonchev–Trinajstić information content (AvgIpc) is 2.38. The number of anilines is 1. The maximum atomic E-state index is 9.98. The van der Waals surface area contributed by atoms with Crippen LogP contribution in [-0.4, -0.2) is 21.6 Å². The molecule has 0 aliphatic carbocycles. The molecule has 2 aromatic rings. The zero-order valence-electron chi connectivity index (χ0n) is 10.1. The van der Waals surface area contributed by atoms with Crippen molar-refractivity contribution < 1.29 is 5.11 Å². The summed E-state index contributed by atoms with van der Waals surface area (Å²) in [5.41, 5.74) is 0.892. The smallest absolute Gasteiger partial charge is 0.225 e. The number of aromatic nitrogens is 2. The normalized spacial score (nSPS) is 12.2. The molecule has 0 radical (unpaired) electrons. The van der Waals surface area contributed by atoms with Crippen molar-refractivity contribution in [2.24, 2.45) is 0 Å². The molecular weight excluding hydrogens is 285 g/mol. The van der Waals surface area contributed by atoms with Crippen LogP contribution in [0.3, 0.4) is 0 Å². The highest BCUT2D eigenvalue weighted by molar-refractivity contribution is 6.32. The predicted octanol–water partition coefficient (Wildman–Crippen LogP) is 3.32. The molecule has 1 unspecified atom stereocenters. The van der Waals surface area contributed by atoms with Gasteiger partial charge in [0.25, 0.3) is 0 Å². The van der Waals surface area contributed by atoms with Gasteiger partial charge in [0.15, 0.2) is 0 Å². The summed E-state index contributed by atoms with van der Waals surface area (Å²) in [7, 11) is 0. The van der Waals surface area contributed by atoms with E-state index in [1.807, 2.05) is 30.3 Å². The Morgan fingerprint density at radius 2 is 1.89 bits per heavy atom. The van der Waals surface area contributed by atoms with Gasteiger partial charge in [-0.05, 0) is 23.6 Å². The molecular formula is C13H13Cl2N3O. The lowest BCUT2D eigenvalue weighted by molar-refractivity contribution is 0.171. The number of aliphatic hydroxyl groups excluding tert-OH is 1. The van der Waals surface area contributed by atoms with E-state index in [9.17, 15) is 5.11 Å². The van der Waals surface area contributed by atoms with Crippen LogP contribution >= 0.6 is 23.2 Å². The molecule has 4 nitrogen and oxygen atoms in total. The van der Waals surface area contributed by atoms with Crippen molar-refractivity contribution in [1.29, 1.82) is 0 Å². The van der Waals surface area contributed by atoms with Crippen molar-refractivity contribution in [2.75, 3.05) is 11.9 Å². The first-order valence-corrected chi connectivity index (χ1v) is 6.58. The molecule has 0 bridgehead atoms. The van der Waals surface area contributed by atoms with Crippen LogP contribution in [0.1, 0.15) is 18.1 Å². The second-order valence-corrected chi connectivity index (χ2v) is 4.71. The molecule has 2 N–H and O–H groups in total. The van der Waals surface area contributed by atoms with Crippen LogP contribution in [-0.2, 0) is 0 Å². The van der Waals surface area contributed by atoms with Gasteiger partial charge in [0.2, 0.25) is 5.28 Å². The Morgan fingerprint density at radius 3 is 2.58 bits per heavy atom. The van der Waals surface area contributed by atoms with Gasteiger partial charge in [-0.3, -0.25) is 0 Å². The van der Waals surface area contributed by atoms with Crippen molar-refractivity contribution in [3.63, 3.8) is 0 Å².